The molecule has 2 rings (SSSR count). The van der Waals surface area contributed by atoms with Crippen molar-refractivity contribution in [2.45, 2.75) is 46.5 Å². The van der Waals surface area contributed by atoms with E-state index in [0.29, 0.717) is 0 Å². The molecule has 0 saturated heterocycles. The molecule has 2 aromatic rings. The number of hydrogen-bond acceptors (Lipinski definition) is 1. The lowest BCUT2D eigenvalue weighted by Crippen LogP contribution is -2.18. The summed E-state index contributed by atoms with van der Waals surface area (Å²) in [6, 6.07) is 14.6. The summed E-state index contributed by atoms with van der Waals surface area (Å²) < 4.78 is 0. The third kappa shape index (κ3) is 3.60. The first kappa shape index (κ1) is 15.5. The Labute approximate surface area is 131 Å². The Morgan fingerprint density at radius 2 is 1.76 bits per heavy atom. The number of aliphatic imine (C=N–C) groups is 1. The highest BCUT2D eigenvalue weighted by atomic mass is 14.7. The number of hydrogen-bond donors (Lipinski definition) is 0. The molecule has 0 aliphatic carbocycles. The summed E-state index contributed by atoms with van der Waals surface area (Å²) in [4.78, 5) is 4.60. The van der Waals surface area contributed by atoms with Gasteiger partial charge in [-0.15, -0.1) is 0 Å². The highest BCUT2D eigenvalue weighted by molar-refractivity contribution is 5.84. The minimum Gasteiger partial charge on any atom is -0.256 e. The maximum Gasteiger partial charge on any atom is 0.0629 e. The molecule has 0 amide bonds. The van der Waals surface area contributed by atoms with E-state index in [4.69, 9.17) is 0 Å². The molecule has 114 valence electrons. The van der Waals surface area contributed by atoms with E-state index in [0.717, 1.165) is 12.1 Å². The normalized spacial score (nSPS) is 12.0. The molecular formula is C20H29N. The van der Waals surface area contributed by atoms with Gasteiger partial charge in [-0.3, -0.25) is 4.99 Å². The average Bonchev–Trinajstić information content (AvgIpc) is 2.48. The van der Waals surface area contributed by atoms with Gasteiger partial charge in [0.05, 0.1) is 5.69 Å². The molecule has 0 heterocycles. The molecule has 0 saturated carbocycles. The summed E-state index contributed by atoms with van der Waals surface area (Å²) in [5.41, 5.74) is 6.48. The predicted octanol–water partition coefficient (Wildman–Crippen LogP) is 6.23. The first-order valence-corrected chi connectivity index (χ1v) is 7.65. The van der Waals surface area contributed by atoms with Crippen LogP contribution in [0, 0.1) is 13.8 Å². The third-order valence-electron chi connectivity index (χ3n) is 4.31. The molecule has 0 unspecified atom stereocenters. The van der Waals surface area contributed by atoms with Crippen LogP contribution in [0.4, 0.5) is 5.69 Å². The van der Waals surface area contributed by atoms with Crippen LogP contribution in [-0.4, -0.2) is 6.21 Å². The molecular weight excluding hydrogens is 254 g/mol. The van der Waals surface area contributed by atoms with Crippen LogP contribution in [0.5, 0.6) is 0 Å². The van der Waals surface area contributed by atoms with Crippen molar-refractivity contribution in [3.05, 3.63) is 64.7 Å². The zero-order valence-electron chi connectivity index (χ0n) is 13.8. The first-order chi connectivity index (χ1) is 9.94. The second-order valence-electron chi connectivity index (χ2n) is 6.36. The van der Waals surface area contributed by atoms with Gasteiger partial charge in [0.25, 0.3) is 0 Å². The Balaban J connectivity index is 0.00000242. The van der Waals surface area contributed by atoms with Crippen molar-refractivity contribution in [1.29, 1.82) is 0 Å². The van der Waals surface area contributed by atoms with E-state index in [2.05, 4.69) is 51.7 Å². The molecule has 0 aliphatic rings. The first-order valence-electron chi connectivity index (χ1n) is 7.65. The second kappa shape index (κ2) is 6.26. The summed E-state index contributed by atoms with van der Waals surface area (Å²) in [6.07, 6.45) is 3.12. The van der Waals surface area contributed by atoms with Gasteiger partial charge >= 0.3 is 0 Å². The van der Waals surface area contributed by atoms with E-state index >= 15 is 0 Å². The molecule has 1 heteroatoms. The van der Waals surface area contributed by atoms with E-state index in [1.54, 1.807) is 0 Å². The lowest BCUT2D eigenvalue weighted by Gasteiger charge is -2.27. The summed E-state index contributed by atoms with van der Waals surface area (Å²) in [5, 5.41) is 0. The van der Waals surface area contributed by atoms with Crippen LogP contribution >= 0.6 is 0 Å². The predicted molar refractivity (Wildman–Crippen MR) is 97.2 cm³/mol. The van der Waals surface area contributed by atoms with Gasteiger partial charge in [-0.2, -0.15) is 0 Å². The van der Waals surface area contributed by atoms with E-state index in [1.165, 1.54) is 22.3 Å². The van der Waals surface area contributed by atoms with Crippen LogP contribution in [0.15, 0.2) is 47.5 Å². The number of benzene rings is 2. The van der Waals surface area contributed by atoms with Crippen LogP contribution in [0.1, 0.15) is 52.3 Å². The van der Waals surface area contributed by atoms with Crippen molar-refractivity contribution in [2.24, 2.45) is 4.99 Å². The molecule has 1 nitrogen and oxygen atoms in total. The minimum atomic E-state index is 0. The smallest absolute Gasteiger partial charge is 0.0629 e. The highest BCUT2D eigenvalue weighted by Gasteiger charge is 2.21. The fourth-order valence-corrected chi connectivity index (χ4v) is 2.57. The van der Waals surface area contributed by atoms with Gasteiger partial charge in [0.1, 0.15) is 0 Å². The molecule has 2 aromatic carbocycles. The zero-order chi connectivity index (χ0) is 15.5. The summed E-state index contributed by atoms with van der Waals surface area (Å²) in [6.45, 7) is 11.2. The average molecular weight is 283 g/mol. The molecule has 0 aromatic heterocycles. The van der Waals surface area contributed by atoms with Crippen LogP contribution in [0.25, 0.3) is 0 Å². The van der Waals surface area contributed by atoms with Gasteiger partial charge in [-0.1, -0.05) is 56.7 Å². The fourth-order valence-electron chi connectivity index (χ4n) is 2.57. The van der Waals surface area contributed by atoms with Crippen LogP contribution in [0.2, 0.25) is 0 Å². The van der Waals surface area contributed by atoms with Crippen molar-refractivity contribution >= 4 is 11.9 Å². The number of nitrogens with zero attached hydrogens (tertiary/aromatic N) is 1. The van der Waals surface area contributed by atoms with Crippen molar-refractivity contribution in [3.63, 3.8) is 0 Å². The van der Waals surface area contributed by atoms with Gasteiger partial charge in [-0.05, 0) is 54.5 Å². The maximum atomic E-state index is 4.60. The van der Waals surface area contributed by atoms with E-state index in [9.17, 15) is 0 Å². The molecule has 0 aliphatic heterocycles. The van der Waals surface area contributed by atoms with E-state index in [-0.39, 0.29) is 8.27 Å². The van der Waals surface area contributed by atoms with Crippen LogP contribution in [0.3, 0.4) is 0 Å². The Morgan fingerprint density at radius 1 is 1.10 bits per heavy atom. The number of para-hydroxylation sites is 1. The summed E-state index contributed by atoms with van der Waals surface area (Å²) in [5.74, 6) is 0. The monoisotopic (exact) mass is 283 g/mol. The van der Waals surface area contributed by atoms with Crippen LogP contribution in [-0.2, 0) is 5.41 Å². The Hall–Kier alpha value is -1.89. The van der Waals surface area contributed by atoms with Gasteiger partial charge in [0.15, 0.2) is 0 Å². The Kier molecular flexibility index (Phi) is 4.62. The SMILES string of the molecule is CCC(C)(C)c1cc(C)cc(C=Nc2ccccc2)c1C.[HH].[HH]. The fraction of sp³-hybridized carbons (Fsp3) is 0.350. The lowest BCUT2D eigenvalue weighted by molar-refractivity contribution is 0.503. The molecule has 0 bridgehead atoms. The zero-order valence-corrected chi connectivity index (χ0v) is 13.8. The van der Waals surface area contributed by atoms with Crippen molar-refractivity contribution < 1.29 is 2.85 Å². The third-order valence-corrected chi connectivity index (χ3v) is 4.31. The summed E-state index contributed by atoms with van der Waals surface area (Å²) >= 11 is 0. The summed E-state index contributed by atoms with van der Waals surface area (Å²) in [7, 11) is 0. The topological polar surface area (TPSA) is 12.4 Å². The highest BCUT2D eigenvalue weighted by Crippen LogP contribution is 2.31. The molecule has 0 spiro atoms. The maximum absolute atomic E-state index is 4.60. The van der Waals surface area contributed by atoms with Crippen molar-refractivity contribution in [3.8, 4) is 0 Å². The van der Waals surface area contributed by atoms with Gasteiger partial charge < -0.3 is 0 Å². The standard InChI is InChI=1S/C20H25N.2H2/c1-6-20(4,5)19-13-15(2)12-17(16(19)3)14-21-18-10-8-7-9-11-18;;/h7-14H,6H2,1-5H3;2*1H. The van der Waals surface area contributed by atoms with Gasteiger partial charge in [0, 0.05) is 9.07 Å². The van der Waals surface area contributed by atoms with Gasteiger partial charge in [-0.25, -0.2) is 0 Å². The lowest BCUT2D eigenvalue weighted by atomic mass is 9.78. The largest absolute Gasteiger partial charge is 0.256 e. The molecule has 0 fully saturated rings. The van der Waals surface area contributed by atoms with E-state index in [1.807, 2.05) is 36.5 Å². The number of rotatable bonds is 4. The Morgan fingerprint density at radius 3 is 2.38 bits per heavy atom. The second-order valence-corrected chi connectivity index (χ2v) is 6.36. The van der Waals surface area contributed by atoms with Crippen LogP contribution < -0.4 is 0 Å². The molecule has 0 atom stereocenters. The minimum absolute atomic E-state index is 0. The number of aryl methyl sites for hydroxylation is 1. The molecule has 0 radical (unpaired) electrons. The Bertz CT molecular complexity index is 646. The van der Waals surface area contributed by atoms with E-state index < -0.39 is 0 Å². The van der Waals surface area contributed by atoms with Crippen molar-refractivity contribution in [1.82, 2.24) is 0 Å². The van der Waals surface area contributed by atoms with Gasteiger partial charge in [0.2, 0.25) is 0 Å². The van der Waals surface area contributed by atoms with Crippen molar-refractivity contribution in [2.75, 3.05) is 0 Å². The quantitative estimate of drug-likeness (QED) is 0.589. The molecule has 0 N–H and O–H groups in total. The molecule has 21 heavy (non-hydrogen) atoms.